The van der Waals surface area contributed by atoms with Gasteiger partial charge in [-0.1, -0.05) is 36.4 Å². The summed E-state index contributed by atoms with van der Waals surface area (Å²) in [6.45, 7) is 6.24. The molecule has 3 heteroatoms. The molecule has 0 aliphatic heterocycles. The molecule has 0 fully saturated rings. The van der Waals surface area contributed by atoms with E-state index in [1.165, 1.54) is 16.7 Å². The van der Waals surface area contributed by atoms with Crippen molar-refractivity contribution in [3.63, 3.8) is 0 Å². The standard InChI is InChI=1S/C21H22O3/c1-14-13-20(24-4)16(3)15(2)19(14)11-9-17-5-7-18(8-6-17)10-12-21(22)23/h5-13H,1-4H3,(H,22,23)/b11-9+,12-10+. The number of rotatable bonds is 5. The lowest BCUT2D eigenvalue weighted by atomic mass is 9.96. The molecule has 0 bridgehead atoms. The first-order valence-corrected chi connectivity index (χ1v) is 7.76. The number of methoxy groups -OCH3 is 1. The van der Waals surface area contributed by atoms with Crippen molar-refractivity contribution < 1.29 is 14.6 Å². The van der Waals surface area contributed by atoms with Gasteiger partial charge in [-0.25, -0.2) is 4.79 Å². The minimum atomic E-state index is -0.945. The molecule has 0 radical (unpaired) electrons. The van der Waals surface area contributed by atoms with Gasteiger partial charge in [0, 0.05) is 6.08 Å². The van der Waals surface area contributed by atoms with E-state index in [9.17, 15) is 4.79 Å². The van der Waals surface area contributed by atoms with Gasteiger partial charge >= 0.3 is 5.97 Å². The van der Waals surface area contributed by atoms with Crippen molar-refractivity contribution in [2.24, 2.45) is 0 Å². The van der Waals surface area contributed by atoms with Crippen LogP contribution < -0.4 is 4.74 Å². The summed E-state index contributed by atoms with van der Waals surface area (Å²) in [7, 11) is 1.69. The molecule has 0 saturated heterocycles. The third-order valence-corrected chi connectivity index (χ3v) is 4.13. The van der Waals surface area contributed by atoms with Gasteiger partial charge in [0.2, 0.25) is 0 Å². The predicted molar refractivity (Wildman–Crippen MR) is 99.2 cm³/mol. The summed E-state index contributed by atoms with van der Waals surface area (Å²) >= 11 is 0. The molecule has 0 amide bonds. The van der Waals surface area contributed by atoms with E-state index in [0.717, 1.165) is 28.5 Å². The van der Waals surface area contributed by atoms with Crippen LogP contribution in [0.1, 0.15) is 33.4 Å². The molecule has 2 aromatic rings. The van der Waals surface area contributed by atoms with Crippen LogP contribution in [-0.4, -0.2) is 18.2 Å². The van der Waals surface area contributed by atoms with Crippen LogP contribution in [0.25, 0.3) is 18.2 Å². The molecule has 0 saturated carbocycles. The van der Waals surface area contributed by atoms with Crippen LogP contribution >= 0.6 is 0 Å². The fourth-order valence-corrected chi connectivity index (χ4v) is 2.60. The van der Waals surface area contributed by atoms with Gasteiger partial charge in [-0.2, -0.15) is 0 Å². The van der Waals surface area contributed by atoms with Crippen molar-refractivity contribution in [3.05, 3.63) is 69.8 Å². The van der Waals surface area contributed by atoms with Gasteiger partial charge in [-0.05, 0) is 66.3 Å². The fraction of sp³-hybridized carbons (Fsp3) is 0.190. The van der Waals surface area contributed by atoms with Crippen molar-refractivity contribution in [1.82, 2.24) is 0 Å². The largest absolute Gasteiger partial charge is 0.496 e. The lowest BCUT2D eigenvalue weighted by Crippen LogP contribution is -1.95. The average molecular weight is 322 g/mol. The first kappa shape index (κ1) is 17.5. The van der Waals surface area contributed by atoms with Crippen molar-refractivity contribution in [2.75, 3.05) is 7.11 Å². The molecule has 0 heterocycles. The third kappa shape index (κ3) is 4.13. The summed E-state index contributed by atoms with van der Waals surface area (Å²) in [5.74, 6) is -0.0310. The second-order valence-electron chi connectivity index (χ2n) is 5.73. The van der Waals surface area contributed by atoms with Gasteiger partial charge in [0.25, 0.3) is 0 Å². The van der Waals surface area contributed by atoms with Gasteiger partial charge in [-0.3, -0.25) is 0 Å². The SMILES string of the molecule is COc1cc(C)c(/C=C/c2ccc(/C=C/C(=O)O)cc2)c(C)c1C. The fourth-order valence-electron chi connectivity index (χ4n) is 2.60. The number of aryl methyl sites for hydroxylation is 1. The van der Waals surface area contributed by atoms with Crippen molar-refractivity contribution >= 4 is 24.2 Å². The van der Waals surface area contributed by atoms with Gasteiger partial charge < -0.3 is 9.84 Å². The molecule has 2 aromatic carbocycles. The Kier molecular flexibility index (Phi) is 5.59. The summed E-state index contributed by atoms with van der Waals surface area (Å²) in [5, 5.41) is 8.64. The highest BCUT2D eigenvalue weighted by Gasteiger charge is 2.08. The van der Waals surface area contributed by atoms with E-state index in [-0.39, 0.29) is 0 Å². The summed E-state index contributed by atoms with van der Waals surface area (Å²) in [4.78, 5) is 10.5. The normalized spacial score (nSPS) is 11.3. The average Bonchev–Trinajstić information content (AvgIpc) is 2.57. The Morgan fingerprint density at radius 1 is 0.958 bits per heavy atom. The molecule has 2 rings (SSSR count). The van der Waals surface area contributed by atoms with E-state index in [4.69, 9.17) is 9.84 Å². The van der Waals surface area contributed by atoms with Crippen LogP contribution in [0.15, 0.2) is 36.4 Å². The second kappa shape index (κ2) is 7.64. The second-order valence-corrected chi connectivity index (χ2v) is 5.73. The van der Waals surface area contributed by atoms with Crippen molar-refractivity contribution in [3.8, 4) is 5.75 Å². The highest BCUT2D eigenvalue weighted by atomic mass is 16.5. The van der Waals surface area contributed by atoms with E-state index in [1.807, 2.05) is 24.3 Å². The number of hydrogen-bond acceptors (Lipinski definition) is 2. The van der Waals surface area contributed by atoms with E-state index < -0.39 is 5.97 Å². The summed E-state index contributed by atoms with van der Waals surface area (Å²) < 4.78 is 5.41. The van der Waals surface area contributed by atoms with E-state index >= 15 is 0 Å². The van der Waals surface area contributed by atoms with Gasteiger partial charge in [0.1, 0.15) is 5.75 Å². The van der Waals surface area contributed by atoms with Crippen LogP contribution in [0, 0.1) is 20.8 Å². The number of aliphatic carboxylic acids is 1. The van der Waals surface area contributed by atoms with Crippen LogP contribution in [0.3, 0.4) is 0 Å². The van der Waals surface area contributed by atoms with Crippen LogP contribution in [0.4, 0.5) is 0 Å². The van der Waals surface area contributed by atoms with Crippen LogP contribution in [0.2, 0.25) is 0 Å². The first-order valence-electron chi connectivity index (χ1n) is 7.76. The molecule has 0 aliphatic carbocycles. The third-order valence-electron chi connectivity index (χ3n) is 4.13. The number of carboxylic acid groups (broad SMARTS) is 1. The van der Waals surface area contributed by atoms with Gasteiger partial charge in [0.05, 0.1) is 7.11 Å². The highest BCUT2D eigenvalue weighted by molar-refractivity contribution is 5.85. The number of benzene rings is 2. The summed E-state index contributed by atoms with van der Waals surface area (Å²) in [6, 6.07) is 9.80. The zero-order chi connectivity index (χ0) is 17.7. The monoisotopic (exact) mass is 322 g/mol. The number of ether oxygens (including phenoxy) is 1. The molecule has 3 nitrogen and oxygen atoms in total. The molecule has 0 atom stereocenters. The first-order chi connectivity index (χ1) is 11.4. The lowest BCUT2D eigenvalue weighted by Gasteiger charge is -2.13. The Balaban J connectivity index is 2.25. The maximum Gasteiger partial charge on any atom is 0.328 e. The Morgan fingerprint density at radius 3 is 2.08 bits per heavy atom. The van der Waals surface area contributed by atoms with Crippen LogP contribution in [-0.2, 0) is 4.79 Å². The summed E-state index contributed by atoms with van der Waals surface area (Å²) in [5.41, 5.74) is 6.66. The van der Waals surface area contributed by atoms with Crippen molar-refractivity contribution in [2.45, 2.75) is 20.8 Å². The molecule has 0 aromatic heterocycles. The Labute approximate surface area is 142 Å². The number of carboxylic acids is 1. The predicted octanol–water partition coefficient (Wildman–Crippen LogP) is 4.89. The van der Waals surface area contributed by atoms with Crippen LogP contribution in [0.5, 0.6) is 5.75 Å². The van der Waals surface area contributed by atoms with Gasteiger partial charge in [0.15, 0.2) is 0 Å². The minimum Gasteiger partial charge on any atom is -0.496 e. The lowest BCUT2D eigenvalue weighted by molar-refractivity contribution is -0.131. The molecule has 0 aliphatic rings. The molecular formula is C21H22O3. The number of carbonyl (C=O) groups is 1. The smallest absolute Gasteiger partial charge is 0.328 e. The molecule has 0 unspecified atom stereocenters. The molecule has 0 spiro atoms. The number of hydrogen-bond donors (Lipinski definition) is 1. The topological polar surface area (TPSA) is 46.5 Å². The molecule has 124 valence electrons. The Morgan fingerprint density at radius 2 is 1.54 bits per heavy atom. The zero-order valence-corrected chi connectivity index (χ0v) is 14.5. The minimum absolute atomic E-state index is 0.863. The van der Waals surface area contributed by atoms with E-state index in [2.05, 4.69) is 39.0 Å². The zero-order valence-electron chi connectivity index (χ0n) is 14.5. The van der Waals surface area contributed by atoms with E-state index in [0.29, 0.717) is 0 Å². The quantitative estimate of drug-likeness (QED) is 0.630. The highest BCUT2D eigenvalue weighted by Crippen LogP contribution is 2.28. The van der Waals surface area contributed by atoms with Crippen molar-refractivity contribution in [1.29, 1.82) is 0 Å². The van der Waals surface area contributed by atoms with E-state index in [1.54, 1.807) is 13.2 Å². The Bertz CT molecular complexity index is 797. The van der Waals surface area contributed by atoms with Gasteiger partial charge in [-0.15, -0.1) is 0 Å². The molecule has 1 N–H and O–H groups in total. The Hall–Kier alpha value is -2.81. The molecular weight excluding hydrogens is 300 g/mol. The molecule has 24 heavy (non-hydrogen) atoms. The maximum atomic E-state index is 10.5. The maximum absolute atomic E-state index is 10.5. The summed E-state index contributed by atoms with van der Waals surface area (Å²) in [6.07, 6.45) is 6.89.